The van der Waals surface area contributed by atoms with E-state index >= 15 is 0 Å². The number of carbonyl (C=O) groups excluding carboxylic acids is 1. The molecule has 0 aliphatic carbocycles. The highest BCUT2D eigenvalue weighted by Gasteiger charge is 2.26. The van der Waals surface area contributed by atoms with E-state index in [1.165, 1.54) is 0 Å². The van der Waals surface area contributed by atoms with Crippen LogP contribution in [0.2, 0.25) is 0 Å². The largest absolute Gasteiger partial charge is 0.466 e. The van der Waals surface area contributed by atoms with E-state index in [9.17, 15) is 4.79 Å². The lowest BCUT2D eigenvalue weighted by molar-refractivity contribution is -0.145. The van der Waals surface area contributed by atoms with Crippen molar-refractivity contribution in [1.82, 2.24) is 0 Å². The quantitative estimate of drug-likeness (QED) is 0.648. The van der Waals surface area contributed by atoms with Crippen LogP contribution in [-0.2, 0) is 9.53 Å². The summed E-state index contributed by atoms with van der Waals surface area (Å²) < 4.78 is 4.82. The maximum Gasteiger partial charge on any atom is 0.306 e. The van der Waals surface area contributed by atoms with E-state index in [-0.39, 0.29) is 17.8 Å². The molecule has 0 bridgehead atoms. The number of carbonyl (C=O) groups is 1. The summed E-state index contributed by atoms with van der Waals surface area (Å²) in [6, 6.07) is 3.80. The molecule has 4 heteroatoms. The van der Waals surface area contributed by atoms with Crippen LogP contribution in [0.4, 0.5) is 0 Å². The molecule has 0 aliphatic rings. The van der Waals surface area contributed by atoms with Crippen LogP contribution < -0.4 is 0 Å². The monoisotopic (exact) mass is 208 g/mol. The molecule has 0 saturated heterocycles. The van der Waals surface area contributed by atoms with E-state index in [0.717, 1.165) is 0 Å². The summed E-state index contributed by atoms with van der Waals surface area (Å²) in [4.78, 5) is 11.2. The molecule has 0 aliphatic heterocycles. The molecule has 0 spiro atoms. The Morgan fingerprint density at radius 1 is 1.40 bits per heavy atom. The van der Waals surface area contributed by atoms with Crippen LogP contribution in [0.25, 0.3) is 0 Å². The molecular weight excluding hydrogens is 192 g/mol. The Balaban J connectivity index is 4.25. The molecule has 0 aromatic carbocycles. The van der Waals surface area contributed by atoms with Gasteiger partial charge in [-0.1, -0.05) is 13.8 Å². The Labute approximate surface area is 90.4 Å². The van der Waals surface area contributed by atoms with Gasteiger partial charge in [-0.25, -0.2) is 0 Å². The number of nitrogens with zero attached hydrogens (tertiary/aromatic N) is 2. The summed E-state index contributed by atoms with van der Waals surface area (Å²) in [5.41, 5.74) is -0.373. The smallest absolute Gasteiger partial charge is 0.306 e. The Morgan fingerprint density at radius 2 is 1.93 bits per heavy atom. The Kier molecular flexibility index (Phi) is 5.41. The SMILES string of the molecule is CCOC(=O)CC(C)(C)CC(C#N)C#N. The summed E-state index contributed by atoms with van der Waals surface area (Å²) in [7, 11) is 0. The van der Waals surface area contributed by atoms with Crippen LogP contribution in [0.3, 0.4) is 0 Å². The van der Waals surface area contributed by atoms with Gasteiger partial charge in [-0.3, -0.25) is 4.79 Å². The fraction of sp³-hybridized carbons (Fsp3) is 0.727. The average molecular weight is 208 g/mol. The number of rotatable bonds is 5. The lowest BCUT2D eigenvalue weighted by Gasteiger charge is -2.23. The Bertz CT molecular complexity index is 283. The number of ether oxygens (including phenoxy) is 1. The van der Waals surface area contributed by atoms with Crippen molar-refractivity contribution in [2.75, 3.05) is 6.61 Å². The Hall–Kier alpha value is -1.55. The summed E-state index contributed by atoms with van der Waals surface area (Å²) in [5.74, 6) is -0.938. The van der Waals surface area contributed by atoms with Crippen LogP contribution in [-0.4, -0.2) is 12.6 Å². The second-order valence-corrected chi connectivity index (χ2v) is 4.16. The molecule has 0 saturated carbocycles. The van der Waals surface area contributed by atoms with Crippen molar-refractivity contribution < 1.29 is 9.53 Å². The summed E-state index contributed by atoms with van der Waals surface area (Å²) in [6.07, 6.45) is 0.625. The molecule has 0 N–H and O–H groups in total. The van der Waals surface area contributed by atoms with Gasteiger partial charge in [0.25, 0.3) is 0 Å². The topological polar surface area (TPSA) is 73.9 Å². The molecule has 0 amide bonds. The second-order valence-electron chi connectivity index (χ2n) is 4.16. The van der Waals surface area contributed by atoms with Gasteiger partial charge < -0.3 is 4.74 Å². The molecular formula is C11H16N2O2. The molecule has 0 aromatic rings. The third-order valence-electron chi connectivity index (χ3n) is 2.00. The van der Waals surface area contributed by atoms with E-state index in [1.807, 2.05) is 26.0 Å². The van der Waals surface area contributed by atoms with Gasteiger partial charge in [0.05, 0.1) is 25.2 Å². The first-order valence-corrected chi connectivity index (χ1v) is 4.90. The van der Waals surface area contributed by atoms with Gasteiger partial charge in [-0.05, 0) is 18.8 Å². The number of hydrogen-bond donors (Lipinski definition) is 0. The molecule has 0 aromatic heterocycles. The van der Waals surface area contributed by atoms with Crippen LogP contribution in [0, 0.1) is 34.0 Å². The third kappa shape index (κ3) is 5.70. The second kappa shape index (κ2) is 6.03. The molecule has 0 unspecified atom stereocenters. The van der Waals surface area contributed by atoms with E-state index in [2.05, 4.69) is 0 Å². The maximum atomic E-state index is 11.2. The highest BCUT2D eigenvalue weighted by Crippen LogP contribution is 2.29. The fourth-order valence-corrected chi connectivity index (χ4v) is 1.35. The van der Waals surface area contributed by atoms with Gasteiger partial charge in [-0.2, -0.15) is 10.5 Å². The predicted octanol–water partition coefficient (Wildman–Crippen LogP) is 2.02. The molecule has 0 radical (unpaired) electrons. The van der Waals surface area contributed by atoms with E-state index in [1.54, 1.807) is 6.92 Å². The van der Waals surface area contributed by atoms with E-state index < -0.39 is 5.92 Å². The average Bonchev–Trinajstić information content (AvgIpc) is 2.13. The van der Waals surface area contributed by atoms with Gasteiger partial charge in [0.15, 0.2) is 0 Å². The number of nitriles is 2. The number of esters is 1. The summed E-state index contributed by atoms with van der Waals surface area (Å²) in [5, 5.41) is 17.3. The molecule has 0 atom stereocenters. The highest BCUT2D eigenvalue weighted by atomic mass is 16.5. The number of hydrogen-bond acceptors (Lipinski definition) is 4. The molecule has 0 rings (SSSR count). The van der Waals surface area contributed by atoms with Crippen molar-refractivity contribution in [3.05, 3.63) is 0 Å². The van der Waals surface area contributed by atoms with Crippen molar-refractivity contribution in [2.24, 2.45) is 11.3 Å². The van der Waals surface area contributed by atoms with Gasteiger partial charge in [0.2, 0.25) is 0 Å². The molecule has 82 valence electrons. The first-order valence-electron chi connectivity index (χ1n) is 4.90. The first-order chi connectivity index (χ1) is 6.95. The van der Waals surface area contributed by atoms with Gasteiger partial charge >= 0.3 is 5.97 Å². The molecule has 4 nitrogen and oxygen atoms in total. The molecule has 0 heterocycles. The van der Waals surface area contributed by atoms with Gasteiger partial charge in [-0.15, -0.1) is 0 Å². The van der Waals surface area contributed by atoms with Crippen LogP contribution in [0.15, 0.2) is 0 Å². The van der Waals surface area contributed by atoms with Crippen molar-refractivity contribution in [2.45, 2.75) is 33.6 Å². The van der Waals surface area contributed by atoms with E-state index in [4.69, 9.17) is 15.3 Å². The fourth-order valence-electron chi connectivity index (χ4n) is 1.35. The zero-order valence-corrected chi connectivity index (χ0v) is 9.41. The zero-order valence-electron chi connectivity index (χ0n) is 9.41. The Morgan fingerprint density at radius 3 is 2.33 bits per heavy atom. The van der Waals surface area contributed by atoms with E-state index in [0.29, 0.717) is 13.0 Å². The van der Waals surface area contributed by atoms with Crippen molar-refractivity contribution in [1.29, 1.82) is 10.5 Å². The third-order valence-corrected chi connectivity index (χ3v) is 2.00. The first kappa shape index (κ1) is 13.4. The normalized spacial score (nSPS) is 10.5. The molecule has 15 heavy (non-hydrogen) atoms. The van der Waals surface area contributed by atoms with Crippen molar-refractivity contribution >= 4 is 5.97 Å². The van der Waals surface area contributed by atoms with Gasteiger partial charge in [0.1, 0.15) is 5.92 Å². The zero-order chi connectivity index (χ0) is 11.9. The lowest BCUT2D eigenvalue weighted by atomic mass is 9.81. The van der Waals surface area contributed by atoms with Gasteiger partial charge in [0, 0.05) is 0 Å². The summed E-state index contributed by atoms with van der Waals surface area (Å²) in [6.45, 7) is 5.81. The minimum Gasteiger partial charge on any atom is -0.466 e. The van der Waals surface area contributed by atoms with Crippen molar-refractivity contribution in [3.8, 4) is 12.1 Å². The maximum absolute atomic E-state index is 11.2. The van der Waals surface area contributed by atoms with Crippen molar-refractivity contribution in [3.63, 3.8) is 0 Å². The van der Waals surface area contributed by atoms with Crippen LogP contribution in [0.1, 0.15) is 33.6 Å². The summed E-state index contributed by atoms with van der Waals surface area (Å²) >= 11 is 0. The highest BCUT2D eigenvalue weighted by molar-refractivity contribution is 5.70. The minimum absolute atomic E-state index is 0.237. The van der Waals surface area contributed by atoms with Crippen LogP contribution in [0.5, 0.6) is 0 Å². The predicted molar refractivity (Wildman–Crippen MR) is 54.4 cm³/mol. The lowest BCUT2D eigenvalue weighted by Crippen LogP contribution is -2.21. The standard InChI is InChI=1S/C11H16N2O2/c1-4-15-10(14)6-11(2,3)5-9(7-12)8-13/h9H,4-6H2,1-3H3. The molecule has 0 fully saturated rings. The minimum atomic E-state index is -0.658. The van der Waals surface area contributed by atoms with Crippen LogP contribution >= 0.6 is 0 Å².